The average molecular weight is 314 g/mol. The molecule has 1 aliphatic heterocycles. The van der Waals surface area contributed by atoms with E-state index in [-0.39, 0.29) is 24.0 Å². The van der Waals surface area contributed by atoms with Crippen LogP contribution in [0.3, 0.4) is 0 Å². The molecule has 21 heavy (non-hydrogen) atoms. The van der Waals surface area contributed by atoms with E-state index < -0.39 is 16.0 Å². The van der Waals surface area contributed by atoms with Gasteiger partial charge in [-0.15, -0.1) is 0 Å². The highest BCUT2D eigenvalue weighted by atomic mass is 32.2. The topological polar surface area (TPSA) is 96.8 Å². The van der Waals surface area contributed by atoms with Gasteiger partial charge in [0, 0.05) is 25.5 Å². The number of rotatable bonds is 6. The highest BCUT2D eigenvalue weighted by molar-refractivity contribution is 7.89. The number of ether oxygens (including phenoxy) is 1. The first-order valence-corrected chi connectivity index (χ1v) is 8.18. The molecule has 7 nitrogen and oxygen atoms in total. The van der Waals surface area contributed by atoms with Gasteiger partial charge in [-0.25, -0.2) is 8.42 Å². The van der Waals surface area contributed by atoms with Gasteiger partial charge in [0.15, 0.2) is 0 Å². The van der Waals surface area contributed by atoms with E-state index in [0.29, 0.717) is 25.9 Å². The monoisotopic (exact) mass is 314 g/mol. The van der Waals surface area contributed by atoms with Crippen molar-refractivity contribution < 1.29 is 23.1 Å². The summed E-state index contributed by atoms with van der Waals surface area (Å²) in [5, 5.41) is 8.54. The number of aliphatic carboxylic acids is 1. The van der Waals surface area contributed by atoms with Gasteiger partial charge < -0.3 is 9.84 Å². The molecule has 0 spiro atoms. The Morgan fingerprint density at radius 3 is 2.71 bits per heavy atom. The van der Waals surface area contributed by atoms with Crippen LogP contribution < -0.4 is 0 Å². The quantitative estimate of drug-likeness (QED) is 0.831. The highest BCUT2D eigenvalue weighted by Gasteiger charge is 2.29. The maximum absolute atomic E-state index is 12.4. The van der Waals surface area contributed by atoms with Gasteiger partial charge in [-0.05, 0) is 25.0 Å². The molecule has 1 aromatic heterocycles. The number of carboxylic acids is 1. The molecule has 0 unspecified atom stereocenters. The lowest BCUT2D eigenvalue weighted by Crippen LogP contribution is -2.41. The van der Waals surface area contributed by atoms with Crippen LogP contribution in [0.2, 0.25) is 0 Å². The van der Waals surface area contributed by atoms with Gasteiger partial charge in [0.25, 0.3) is 0 Å². The number of pyridine rings is 1. The second-order valence-corrected chi connectivity index (χ2v) is 6.74. The lowest BCUT2D eigenvalue weighted by atomic mass is 10.1. The van der Waals surface area contributed by atoms with Crippen molar-refractivity contribution >= 4 is 16.0 Å². The molecule has 0 aromatic carbocycles. The van der Waals surface area contributed by atoms with Crippen LogP contribution in [0.5, 0.6) is 0 Å². The Morgan fingerprint density at radius 1 is 1.43 bits per heavy atom. The predicted octanol–water partition coefficient (Wildman–Crippen LogP) is 0.726. The summed E-state index contributed by atoms with van der Waals surface area (Å²) < 4.78 is 31.6. The Labute approximate surface area is 123 Å². The molecule has 0 radical (unpaired) electrons. The van der Waals surface area contributed by atoms with Crippen LogP contribution in [0.4, 0.5) is 0 Å². The SMILES string of the molecule is O=C(O)CCOC1CCN(S(=O)(=O)c2cccnc2)CC1. The standard InChI is InChI=1S/C13H18N2O5S/c16-13(17)5-9-20-11-3-7-15(8-4-11)21(18,19)12-2-1-6-14-10-12/h1-2,6,10-11H,3-5,7-9H2,(H,16,17). The van der Waals surface area contributed by atoms with Crippen molar-refractivity contribution in [3.63, 3.8) is 0 Å². The van der Waals surface area contributed by atoms with E-state index >= 15 is 0 Å². The van der Waals surface area contributed by atoms with E-state index in [1.54, 1.807) is 6.07 Å². The molecule has 2 rings (SSSR count). The minimum absolute atomic E-state index is 0.0335. The summed E-state index contributed by atoms with van der Waals surface area (Å²) in [4.78, 5) is 14.4. The predicted molar refractivity (Wildman–Crippen MR) is 74.2 cm³/mol. The number of sulfonamides is 1. The third kappa shape index (κ3) is 4.23. The fourth-order valence-corrected chi connectivity index (χ4v) is 3.64. The summed E-state index contributed by atoms with van der Waals surface area (Å²) in [7, 11) is -3.50. The van der Waals surface area contributed by atoms with Crippen molar-refractivity contribution in [1.29, 1.82) is 0 Å². The van der Waals surface area contributed by atoms with Crippen LogP contribution in [-0.4, -0.2) is 54.6 Å². The molecule has 0 atom stereocenters. The Morgan fingerprint density at radius 2 is 2.14 bits per heavy atom. The summed E-state index contributed by atoms with van der Waals surface area (Å²) in [6.07, 6.45) is 3.89. The van der Waals surface area contributed by atoms with Gasteiger partial charge in [0.1, 0.15) is 4.90 Å². The van der Waals surface area contributed by atoms with Gasteiger partial charge in [-0.1, -0.05) is 0 Å². The van der Waals surface area contributed by atoms with Gasteiger partial charge in [-0.2, -0.15) is 4.31 Å². The molecule has 0 saturated carbocycles. The maximum Gasteiger partial charge on any atom is 0.305 e. The van der Waals surface area contributed by atoms with Crippen molar-refractivity contribution in [3.05, 3.63) is 24.5 Å². The van der Waals surface area contributed by atoms with Crippen molar-refractivity contribution in [3.8, 4) is 0 Å². The molecule has 1 fully saturated rings. The van der Waals surface area contributed by atoms with Crippen LogP contribution >= 0.6 is 0 Å². The number of carboxylic acid groups (broad SMARTS) is 1. The summed E-state index contributed by atoms with van der Waals surface area (Å²) in [6.45, 7) is 0.902. The van der Waals surface area contributed by atoms with Crippen LogP contribution in [-0.2, 0) is 19.6 Å². The zero-order valence-corrected chi connectivity index (χ0v) is 12.3. The molecule has 2 heterocycles. The van der Waals surface area contributed by atoms with Gasteiger partial charge >= 0.3 is 5.97 Å². The summed E-state index contributed by atoms with van der Waals surface area (Å²) in [5.41, 5.74) is 0. The molecule has 0 amide bonds. The zero-order valence-electron chi connectivity index (χ0n) is 11.5. The Kier molecular flexibility index (Phi) is 5.27. The molecule has 1 aromatic rings. The van der Waals surface area contributed by atoms with E-state index in [1.807, 2.05) is 0 Å². The first kappa shape index (κ1) is 15.9. The van der Waals surface area contributed by atoms with Crippen LogP contribution in [0.25, 0.3) is 0 Å². The van der Waals surface area contributed by atoms with Crippen molar-refractivity contribution in [2.75, 3.05) is 19.7 Å². The fourth-order valence-electron chi connectivity index (χ4n) is 2.20. The molecule has 1 N–H and O–H groups in total. The molecule has 116 valence electrons. The third-order valence-electron chi connectivity index (χ3n) is 3.34. The lowest BCUT2D eigenvalue weighted by molar-refractivity contribution is -0.138. The molecule has 8 heteroatoms. The normalized spacial score (nSPS) is 17.7. The molecule has 1 saturated heterocycles. The molecular formula is C13H18N2O5S. The van der Waals surface area contributed by atoms with Crippen molar-refractivity contribution in [1.82, 2.24) is 9.29 Å². The van der Waals surface area contributed by atoms with E-state index in [9.17, 15) is 13.2 Å². The first-order valence-electron chi connectivity index (χ1n) is 6.74. The average Bonchev–Trinajstić information content (AvgIpc) is 2.48. The number of hydrogen-bond donors (Lipinski definition) is 1. The minimum atomic E-state index is -3.50. The Bertz CT molecular complexity index is 567. The Hall–Kier alpha value is -1.51. The number of carbonyl (C=O) groups is 1. The highest BCUT2D eigenvalue weighted by Crippen LogP contribution is 2.21. The number of piperidine rings is 1. The zero-order chi connectivity index (χ0) is 15.3. The van der Waals surface area contributed by atoms with Gasteiger partial charge in [0.05, 0.1) is 19.1 Å². The van der Waals surface area contributed by atoms with E-state index in [4.69, 9.17) is 9.84 Å². The fraction of sp³-hybridized carbons (Fsp3) is 0.538. The molecule has 1 aliphatic rings. The molecule has 0 aliphatic carbocycles. The summed E-state index contributed by atoms with van der Waals surface area (Å²) >= 11 is 0. The van der Waals surface area contributed by atoms with Crippen LogP contribution in [0.15, 0.2) is 29.4 Å². The number of nitrogens with zero attached hydrogens (tertiary/aromatic N) is 2. The second-order valence-electron chi connectivity index (χ2n) is 4.81. The van der Waals surface area contributed by atoms with Crippen LogP contribution in [0.1, 0.15) is 19.3 Å². The van der Waals surface area contributed by atoms with Crippen molar-refractivity contribution in [2.24, 2.45) is 0 Å². The third-order valence-corrected chi connectivity index (χ3v) is 5.22. The van der Waals surface area contributed by atoms with Gasteiger partial charge in [-0.3, -0.25) is 9.78 Å². The van der Waals surface area contributed by atoms with Crippen molar-refractivity contribution in [2.45, 2.75) is 30.3 Å². The number of aromatic nitrogens is 1. The second kappa shape index (κ2) is 6.97. The van der Waals surface area contributed by atoms with E-state index in [1.165, 1.54) is 22.8 Å². The van der Waals surface area contributed by atoms with Crippen LogP contribution in [0, 0.1) is 0 Å². The minimum Gasteiger partial charge on any atom is -0.481 e. The maximum atomic E-state index is 12.4. The van der Waals surface area contributed by atoms with E-state index in [0.717, 1.165) is 0 Å². The summed E-state index contributed by atoms with van der Waals surface area (Å²) in [6, 6.07) is 3.12. The molecule has 0 bridgehead atoms. The summed E-state index contributed by atoms with van der Waals surface area (Å²) in [5.74, 6) is -0.897. The van der Waals surface area contributed by atoms with Gasteiger partial charge in [0.2, 0.25) is 10.0 Å². The number of hydrogen-bond acceptors (Lipinski definition) is 5. The lowest BCUT2D eigenvalue weighted by Gasteiger charge is -2.31. The Balaban J connectivity index is 1.88. The smallest absolute Gasteiger partial charge is 0.305 e. The first-order chi connectivity index (χ1) is 10.00. The molecular weight excluding hydrogens is 296 g/mol. The largest absolute Gasteiger partial charge is 0.481 e. The van der Waals surface area contributed by atoms with E-state index in [2.05, 4.69) is 4.98 Å².